The molecule has 0 aliphatic heterocycles. The summed E-state index contributed by atoms with van der Waals surface area (Å²) >= 11 is 3.35. The van der Waals surface area contributed by atoms with Crippen molar-refractivity contribution in [1.29, 1.82) is 0 Å². The van der Waals surface area contributed by atoms with E-state index in [1.54, 1.807) is 34.8 Å². The summed E-state index contributed by atoms with van der Waals surface area (Å²) < 4.78 is 13.2. The molecule has 0 saturated carbocycles. The van der Waals surface area contributed by atoms with Gasteiger partial charge in [-0.1, -0.05) is 12.1 Å². The van der Waals surface area contributed by atoms with E-state index in [4.69, 9.17) is 0 Å². The van der Waals surface area contributed by atoms with Crippen LogP contribution in [0.1, 0.15) is 22.2 Å². The van der Waals surface area contributed by atoms with Crippen molar-refractivity contribution in [2.75, 3.05) is 0 Å². The van der Waals surface area contributed by atoms with Gasteiger partial charge in [0.1, 0.15) is 10.8 Å². The molecule has 0 unspecified atom stereocenters. The third-order valence-corrected chi connectivity index (χ3v) is 4.83. The van der Waals surface area contributed by atoms with Crippen LogP contribution < -0.4 is 5.32 Å². The number of aromatic nitrogens is 1. The number of halogens is 1. The number of rotatable bonds is 6. The van der Waals surface area contributed by atoms with Crippen LogP contribution in [0, 0.1) is 5.82 Å². The molecule has 3 aromatic rings. The Balaban J connectivity index is 1.70. The number of thiophene rings is 1. The third kappa shape index (κ3) is 3.97. The van der Waals surface area contributed by atoms with Crippen LogP contribution in [0.3, 0.4) is 0 Å². The van der Waals surface area contributed by atoms with Crippen molar-refractivity contribution in [1.82, 2.24) is 10.3 Å². The van der Waals surface area contributed by atoms with Crippen LogP contribution in [0.2, 0.25) is 0 Å². The highest BCUT2D eigenvalue weighted by molar-refractivity contribution is 7.09. The van der Waals surface area contributed by atoms with Gasteiger partial charge in [-0.05, 0) is 46.5 Å². The van der Waals surface area contributed by atoms with Crippen LogP contribution in [0.4, 0.5) is 4.39 Å². The highest BCUT2D eigenvalue weighted by atomic mass is 32.1. The minimum atomic E-state index is -0.196. The third-order valence-electron chi connectivity index (χ3n) is 3.21. The van der Waals surface area contributed by atoms with E-state index in [-0.39, 0.29) is 11.9 Å². The molecule has 3 rings (SSSR count). The summed E-state index contributed by atoms with van der Waals surface area (Å²) in [6.45, 7) is 0.631. The topological polar surface area (TPSA) is 24.9 Å². The van der Waals surface area contributed by atoms with Gasteiger partial charge in [-0.15, -0.1) is 11.3 Å². The monoisotopic (exact) mass is 318 g/mol. The van der Waals surface area contributed by atoms with Gasteiger partial charge in [0.25, 0.3) is 0 Å². The molecule has 1 N–H and O–H groups in total. The Morgan fingerprint density at radius 3 is 2.86 bits per heavy atom. The molecule has 1 aromatic carbocycles. The largest absolute Gasteiger partial charge is 0.304 e. The van der Waals surface area contributed by atoms with Crippen LogP contribution >= 0.6 is 22.7 Å². The first kappa shape index (κ1) is 14.4. The van der Waals surface area contributed by atoms with E-state index in [0.717, 1.165) is 17.0 Å². The van der Waals surface area contributed by atoms with Crippen molar-refractivity contribution >= 4 is 22.7 Å². The molecule has 0 spiro atoms. The molecule has 21 heavy (non-hydrogen) atoms. The molecule has 0 fully saturated rings. The van der Waals surface area contributed by atoms with Gasteiger partial charge in [0.15, 0.2) is 0 Å². The Bertz CT molecular complexity index is 665. The molecular formula is C16H15FN2S2. The van der Waals surface area contributed by atoms with Crippen molar-refractivity contribution in [3.05, 3.63) is 74.6 Å². The molecule has 108 valence electrons. The molecule has 0 aliphatic rings. The van der Waals surface area contributed by atoms with Gasteiger partial charge in [-0.3, -0.25) is 0 Å². The van der Waals surface area contributed by atoms with Crippen LogP contribution in [-0.4, -0.2) is 4.98 Å². The number of hydrogen-bond acceptors (Lipinski definition) is 4. The number of thiazole rings is 1. The zero-order valence-corrected chi connectivity index (χ0v) is 13.0. The molecule has 0 saturated heterocycles. The zero-order valence-electron chi connectivity index (χ0n) is 11.3. The molecule has 5 heteroatoms. The second-order valence-corrected chi connectivity index (χ2v) is 6.48. The summed E-state index contributed by atoms with van der Waals surface area (Å²) in [7, 11) is 0. The highest BCUT2D eigenvalue weighted by Crippen LogP contribution is 2.22. The average molecular weight is 318 g/mol. The first-order valence-electron chi connectivity index (χ1n) is 6.69. The first-order valence-corrected chi connectivity index (χ1v) is 8.52. The fraction of sp³-hybridized carbons (Fsp3) is 0.188. The maximum atomic E-state index is 13.2. The summed E-state index contributed by atoms with van der Waals surface area (Å²) in [6.07, 6.45) is 2.72. The Hall–Kier alpha value is -1.56. The highest BCUT2D eigenvalue weighted by Gasteiger charge is 2.14. The van der Waals surface area contributed by atoms with E-state index in [1.807, 2.05) is 17.6 Å². The van der Waals surface area contributed by atoms with Gasteiger partial charge in [0.2, 0.25) is 0 Å². The number of nitrogens with zero attached hydrogens (tertiary/aromatic N) is 1. The van der Waals surface area contributed by atoms with E-state index < -0.39 is 0 Å². The van der Waals surface area contributed by atoms with E-state index >= 15 is 0 Å². The minimum Gasteiger partial charge on any atom is -0.304 e. The van der Waals surface area contributed by atoms with Gasteiger partial charge in [0.05, 0.1) is 6.04 Å². The Morgan fingerprint density at radius 2 is 2.14 bits per heavy atom. The number of hydrogen-bond donors (Lipinski definition) is 1. The minimum absolute atomic E-state index is 0.155. The second kappa shape index (κ2) is 6.93. The van der Waals surface area contributed by atoms with Gasteiger partial charge in [-0.2, -0.15) is 11.3 Å². The van der Waals surface area contributed by atoms with Gasteiger partial charge in [0, 0.05) is 18.1 Å². The lowest BCUT2D eigenvalue weighted by Gasteiger charge is -2.16. The average Bonchev–Trinajstić information content (AvgIpc) is 3.16. The maximum absolute atomic E-state index is 13.2. The Kier molecular flexibility index (Phi) is 4.75. The van der Waals surface area contributed by atoms with Gasteiger partial charge >= 0.3 is 0 Å². The molecule has 0 bridgehead atoms. The molecule has 0 radical (unpaired) electrons. The van der Waals surface area contributed by atoms with Gasteiger partial charge < -0.3 is 5.32 Å². The van der Waals surface area contributed by atoms with Crippen molar-refractivity contribution in [2.45, 2.75) is 19.0 Å². The van der Waals surface area contributed by atoms with Crippen LogP contribution in [0.25, 0.3) is 0 Å². The van der Waals surface area contributed by atoms with E-state index in [0.29, 0.717) is 6.54 Å². The summed E-state index contributed by atoms with van der Waals surface area (Å²) in [6, 6.07) is 8.99. The lowest BCUT2D eigenvalue weighted by Crippen LogP contribution is -2.22. The lowest BCUT2D eigenvalue weighted by molar-refractivity contribution is 0.526. The predicted molar refractivity (Wildman–Crippen MR) is 86.1 cm³/mol. The molecule has 2 aromatic heterocycles. The summed E-state index contributed by atoms with van der Waals surface area (Å²) in [5.41, 5.74) is 2.24. The standard InChI is InChI=1S/C16H15FN2S2/c17-14-3-1-2-12(8-14)10-19-15(16-18-5-7-21-16)9-13-4-6-20-11-13/h1-8,11,15,19H,9-10H2/t15-/m1/s1. The van der Waals surface area contributed by atoms with Crippen molar-refractivity contribution < 1.29 is 4.39 Å². The summed E-state index contributed by atoms with van der Waals surface area (Å²) in [4.78, 5) is 4.41. The molecule has 0 aliphatic carbocycles. The summed E-state index contributed by atoms with van der Waals surface area (Å²) in [5, 5.41) is 10.8. The van der Waals surface area contributed by atoms with E-state index in [9.17, 15) is 4.39 Å². The fourth-order valence-corrected chi connectivity index (χ4v) is 3.58. The quantitative estimate of drug-likeness (QED) is 0.728. The first-order chi connectivity index (χ1) is 10.3. The van der Waals surface area contributed by atoms with Gasteiger partial charge in [-0.25, -0.2) is 9.37 Å². The van der Waals surface area contributed by atoms with Crippen LogP contribution in [0.15, 0.2) is 52.7 Å². The smallest absolute Gasteiger partial charge is 0.123 e. The van der Waals surface area contributed by atoms with Crippen LogP contribution in [0.5, 0.6) is 0 Å². The number of benzene rings is 1. The lowest BCUT2D eigenvalue weighted by atomic mass is 10.1. The molecular weight excluding hydrogens is 303 g/mol. The van der Waals surface area contributed by atoms with Crippen LogP contribution in [-0.2, 0) is 13.0 Å². The molecule has 2 nitrogen and oxygen atoms in total. The molecule has 2 heterocycles. The predicted octanol–water partition coefficient (Wildman–Crippen LogP) is 4.42. The molecule has 0 amide bonds. The Morgan fingerprint density at radius 1 is 1.19 bits per heavy atom. The normalized spacial score (nSPS) is 12.4. The summed E-state index contributed by atoms with van der Waals surface area (Å²) in [5.74, 6) is -0.196. The van der Waals surface area contributed by atoms with E-state index in [1.165, 1.54) is 11.6 Å². The van der Waals surface area contributed by atoms with E-state index in [2.05, 4.69) is 27.1 Å². The van der Waals surface area contributed by atoms with Crippen molar-refractivity contribution in [3.8, 4) is 0 Å². The Labute approximate surface area is 131 Å². The molecule has 1 atom stereocenters. The zero-order chi connectivity index (χ0) is 14.5. The number of nitrogens with one attached hydrogen (secondary N) is 1. The maximum Gasteiger partial charge on any atom is 0.123 e. The SMILES string of the molecule is Fc1cccc(CN[C@H](Cc2ccsc2)c2nccs2)c1. The second-order valence-electron chi connectivity index (χ2n) is 4.77. The fourth-order valence-electron chi connectivity index (χ4n) is 2.19. The van der Waals surface area contributed by atoms with Crippen molar-refractivity contribution in [2.24, 2.45) is 0 Å². The van der Waals surface area contributed by atoms with Crippen molar-refractivity contribution in [3.63, 3.8) is 0 Å².